The number of hydrogen-bond donors (Lipinski definition) is 1. The molecular formula is C13H19N3. The maximum atomic E-state index is 6.02. The van der Waals surface area contributed by atoms with Crippen LogP contribution in [0.15, 0.2) is 18.2 Å². The van der Waals surface area contributed by atoms with E-state index in [0.29, 0.717) is 0 Å². The second-order valence-corrected chi connectivity index (χ2v) is 5.09. The van der Waals surface area contributed by atoms with Gasteiger partial charge in [-0.05, 0) is 37.2 Å². The van der Waals surface area contributed by atoms with Gasteiger partial charge in [0.05, 0.1) is 0 Å². The molecule has 16 heavy (non-hydrogen) atoms. The van der Waals surface area contributed by atoms with Crippen molar-refractivity contribution >= 4 is 5.69 Å². The number of likely N-dealkylation sites (tertiary alicyclic amines) is 1. The van der Waals surface area contributed by atoms with Crippen LogP contribution in [0.1, 0.15) is 17.5 Å². The van der Waals surface area contributed by atoms with Gasteiger partial charge in [-0.15, -0.1) is 0 Å². The van der Waals surface area contributed by atoms with E-state index in [-0.39, 0.29) is 0 Å². The first-order chi connectivity index (χ1) is 7.74. The molecule has 3 nitrogen and oxygen atoms in total. The van der Waals surface area contributed by atoms with Gasteiger partial charge in [-0.3, -0.25) is 4.90 Å². The van der Waals surface area contributed by atoms with E-state index in [0.717, 1.165) is 24.8 Å². The molecule has 0 aliphatic carbocycles. The maximum Gasteiger partial charge on any atom is 0.0363 e. The lowest BCUT2D eigenvalue weighted by atomic mass is 10.1. The number of hydrogen-bond acceptors (Lipinski definition) is 3. The third kappa shape index (κ3) is 1.60. The Hall–Kier alpha value is -1.06. The van der Waals surface area contributed by atoms with Gasteiger partial charge in [-0.25, -0.2) is 0 Å². The Kier molecular flexibility index (Phi) is 2.37. The Morgan fingerprint density at radius 1 is 1.31 bits per heavy atom. The van der Waals surface area contributed by atoms with Gasteiger partial charge in [0.2, 0.25) is 0 Å². The smallest absolute Gasteiger partial charge is 0.0363 e. The third-order valence-electron chi connectivity index (χ3n) is 3.93. The molecule has 1 unspecified atom stereocenters. The highest BCUT2D eigenvalue weighted by atomic mass is 15.2. The van der Waals surface area contributed by atoms with Gasteiger partial charge in [0.1, 0.15) is 0 Å². The fraction of sp³-hybridized carbons (Fsp3) is 0.538. The summed E-state index contributed by atoms with van der Waals surface area (Å²) in [5.41, 5.74) is 9.77. The predicted molar refractivity (Wildman–Crippen MR) is 66.0 cm³/mol. The molecular weight excluding hydrogens is 198 g/mol. The number of nitrogen functional groups attached to an aromatic ring is 1. The first-order valence-corrected chi connectivity index (χ1v) is 6.03. The molecule has 1 saturated heterocycles. The van der Waals surface area contributed by atoms with Crippen LogP contribution in [0.25, 0.3) is 0 Å². The quantitative estimate of drug-likeness (QED) is 0.719. The molecule has 2 heterocycles. The van der Waals surface area contributed by atoms with Gasteiger partial charge in [0.25, 0.3) is 0 Å². The minimum atomic E-state index is 0.719. The van der Waals surface area contributed by atoms with E-state index >= 15 is 0 Å². The van der Waals surface area contributed by atoms with Crippen molar-refractivity contribution in [2.45, 2.75) is 25.6 Å². The topological polar surface area (TPSA) is 32.5 Å². The molecule has 0 radical (unpaired) electrons. The van der Waals surface area contributed by atoms with Crippen molar-refractivity contribution in [2.24, 2.45) is 0 Å². The van der Waals surface area contributed by atoms with E-state index in [1.54, 1.807) is 0 Å². The highest BCUT2D eigenvalue weighted by Gasteiger charge is 2.30. The number of nitrogens with zero attached hydrogens (tertiary/aromatic N) is 2. The molecule has 86 valence electrons. The van der Waals surface area contributed by atoms with Gasteiger partial charge in [-0.2, -0.15) is 0 Å². The second kappa shape index (κ2) is 3.75. The molecule has 1 aromatic rings. The third-order valence-corrected chi connectivity index (χ3v) is 3.93. The van der Waals surface area contributed by atoms with Crippen LogP contribution < -0.4 is 5.73 Å². The Morgan fingerprint density at radius 3 is 2.88 bits per heavy atom. The van der Waals surface area contributed by atoms with Gasteiger partial charge in [0, 0.05) is 31.4 Å². The molecule has 3 heteroatoms. The zero-order valence-electron chi connectivity index (χ0n) is 9.82. The highest BCUT2D eigenvalue weighted by Crippen LogP contribution is 2.30. The number of benzene rings is 1. The lowest BCUT2D eigenvalue weighted by molar-refractivity contribution is 0.201. The van der Waals surface area contributed by atoms with Gasteiger partial charge in [0.15, 0.2) is 0 Å². The number of nitrogens with two attached hydrogens (primary N) is 1. The van der Waals surface area contributed by atoms with E-state index in [1.807, 2.05) is 6.07 Å². The summed E-state index contributed by atoms with van der Waals surface area (Å²) < 4.78 is 0. The lowest BCUT2D eigenvalue weighted by Gasteiger charge is -2.22. The summed E-state index contributed by atoms with van der Waals surface area (Å²) in [5, 5.41) is 0. The van der Waals surface area contributed by atoms with Crippen molar-refractivity contribution < 1.29 is 0 Å². The van der Waals surface area contributed by atoms with Crippen molar-refractivity contribution in [2.75, 3.05) is 25.9 Å². The van der Waals surface area contributed by atoms with Crippen LogP contribution in [0.4, 0.5) is 5.69 Å². The van der Waals surface area contributed by atoms with Crippen molar-refractivity contribution in [3.63, 3.8) is 0 Å². The van der Waals surface area contributed by atoms with Crippen molar-refractivity contribution in [1.82, 2.24) is 9.80 Å². The fourth-order valence-corrected chi connectivity index (χ4v) is 2.94. The summed E-state index contributed by atoms with van der Waals surface area (Å²) in [7, 11) is 2.21. The molecule has 0 saturated carbocycles. The van der Waals surface area contributed by atoms with Gasteiger partial charge >= 0.3 is 0 Å². The number of rotatable bonds is 1. The van der Waals surface area contributed by atoms with Crippen LogP contribution in [0, 0.1) is 0 Å². The average Bonchev–Trinajstić information content (AvgIpc) is 2.84. The van der Waals surface area contributed by atoms with Crippen LogP contribution in [0.3, 0.4) is 0 Å². The lowest BCUT2D eigenvalue weighted by Crippen LogP contribution is -2.32. The summed E-state index contributed by atoms with van der Waals surface area (Å²) in [5.74, 6) is 0. The predicted octanol–water partition coefficient (Wildman–Crippen LogP) is 1.29. The first kappa shape index (κ1) is 10.1. The van der Waals surface area contributed by atoms with Crippen molar-refractivity contribution in [3.05, 3.63) is 29.3 Å². The largest absolute Gasteiger partial charge is 0.398 e. The van der Waals surface area contributed by atoms with Crippen LogP contribution in [-0.2, 0) is 13.1 Å². The number of likely N-dealkylation sites (N-methyl/N-ethyl adjacent to an activating group) is 1. The molecule has 0 bridgehead atoms. The maximum absolute atomic E-state index is 6.02. The molecule has 2 N–H and O–H groups in total. The Balaban J connectivity index is 1.78. The molecule has 1 fully saturated rings. The van der Waals surface area contributed by atoms with Crippen LogP contribution in [-0.4, -0.2) is 36.0 Å². The van der Waals surface area contributed by atoms with Crippen molar-refractivity contribution in [3.8, 4) is 0 Å². The molecule has 0 aromatic heterocycles. The van der Waals surface area contributed by atoms with E-state index in [2.05, 4.69) is 29.0 Å². The average molecular weight is 217 g/mol. The normalized spacial score (nSPS) is 26.2. The summed E-state index contributed by atoms with van der Waals surface area (Å²) in [6.45, 7) is 4.56. The Morgan fingerprint density at radius 2 is 2.19 bits per heavy atom. The summed E-state index contributed by atoms with van der Waals surface area (Å²) in [6, 6.07) is 7.02. The zero-order chi connectivity index (χ0) is 11.1. The number of fused-ring (bicyclic) bond motifs is 1. The molecule has 2 aliphatic heterocycles. The van der Waals surface area contributed by atoms with Crippen molar-refractivity contribution in [1.29, 1.82) is 0 Å². The highest BCUT2D eigenvalue weighted by molar-refractivity contribution is 5.52. The summed E-state index contributed by atoms with van der Waals surface area (Å²) >= 11 is 0. The SMILES string of the molecule is CN1CCC(N2Cc3cccc(N)c3C2)C1. The first-order valence-electron chi connectivity index (χ1n) is 6.03. The molecule has 0 amide bonds. The fourth-order valence-electron chi connectivity index (χ4n) is 2.94. The summed E-state index contributed by atoms with van der Waals surface area (Å²) in [4.78, 5) is 4.99. The van der Waals surface area contributed by atoms with E-state index in [9.17, 15) is 0 Å². The van der Waals surface area contributed by atoms with Crippen LogP contribution in [0.2, 0.25) is 0 Å². The molecule has 1 aromatic carbocycles. The zero-order valence-corrected chi connectivity index (χ0v) is 9.82. The standard InChI is InChI=1S/C13H19N3/c1-15-6-5-11(8-15)16-7-10-3-2-4-13(14)12(10)9-16/h2-4,11H,5-9,14H2,1H3. The van der Waals surface area contributed by atoms with Crippen LogP contribution in [0.5, 0.6) is 0 Å². The Labute approximate surface area is 96.8 Å². The Bertz CT molecular complexity index is 402. The molecule has 0 spiro atoms. The van der Waals surface area contributed by atoms with Gasteiger partial charge < -0.3 is 10.6 Å². The second-order valence-electron chi connectivity index (χ2n) is 5.09. The molecule has 3 rings (SSSR count). The minimum absolute atomic E-state index is 0.719. The van der Waals surface area contributed by atoms with Gasteiger partial charge in [-0.1, -0.05) is 12.1 Å². The van der Waals surface area contributed by atoms with Crippen LogP contribution >= 0.6 is 0 Å². The van der Waals surface area contributed by atoms with E-state index in [1.165, 1.54) is 30.6 Å². The molecule has 1 atom stereocenters. The monoisotopic (exact) mass is 217 g/mol. The van der Waals surface area contributed by atoms with E-state index < -0.39 is 0 Å². The molecule has 2 aliphatic rings. The number of anilines is 1. The minimum Gasteiger partial charge on any atom is -0.398 e. The van der Waals surface area contributed by atoms with E-state index in [4.69, 9.17) is 5.73 Å². The summed E-state index contributed by atoms with van der Waals surface area (Å²) in [6.07, 6.45) is 1.30.